The summed E-state index contributed by atoms with van der Waals surface area (Å²) in [4.78, 5) is 9.75. The van der Waals surface area contributed by atoms with E-state index in [9.17, 15) is 4.79 Å². The smallest absolute Gasteiger partial charge is 0.120 e. The molecule has 0 heterocycles. The Labute approximate surface area is 69.5 Å². The predicted octanol–water partition coefficient (Wildman–Crippen LogP) is 2.94. The highest BCUT2D eigenvalue weighted by molar-refractivity contribution is 5.44. The number of unbranched alkanes of at least 4 members (excludes halogenated alkanes) is 6. The van der Waals surface area contributed by atoms with Gasteiger partial charge in [-0.25, -0.2) is 4.79 Å². The Morgan fingerprint density at radius 1 is 1.18 bits per heavy atom. The maximum atomic E-state index is 9.75. The summed E-state index contributed by atoms with van der Waals surface area (Å²) < 4.78 is 0. The monoisotopic (exact) mass is 153 g/mol. The second-order valence-corrected chi connectivity index (χ2v) is 2.68. The molecule has 11 heavy (non-hydrogen) atoms. The molecule has 0 saturated carbocycles. The van der Waals surface area contributed by atoms with E-state index in [0.717, 1.165) is 12.8 Å². The molecule has 0 rings (SSSR count). The van der Waals surface area contributed by atoms with Crippen molar-refractivity contribution in [2.75, 3.05) is 0 Å². The zero-order valence-electron chi connectivity index (χ0n) is 7.31. The van der Waals surface area contributed by atoms with Crippen LogP contribution in [0.1, 0.15) is 45.4 Å². The number of allylic oxidation sites excluding steroid dienone is 1. The lowest BCUT2D eigenvalue weighted by atomic mass is 10.1. The quantitative estimate of drug-likeness (QED) is 0.406. The lowest BCUT2D eigenvalue weighted by molar-refractivity contribution is 0.567. The Kier molecular flexibility index (Phi) is 8.98. The average molecular weight is 153 g/mol. The summed E-state index contributed by atoms with van der Waals surface area (Å²) >= 11 is 0. The molecule has 0 aromatic carbocycles. The topological polar surface area (TPSA) is 17.1 Å². The molecule has 1 heteroatoms. The largest absolute Gasteiger partial charge is 0.234 e. The molecule has 0 spiro atoms. The summed E-state index contributed by atoms with van der Waals surface area (Å²) in [6.45, 7) is 2.19. The molecule has 1 nitrogen and oxygen atoms in total. The first kappa shape index (κ1) is 10.4. The summed E-state index contributed by atoms with van der Waals surface area (Å²) in [5.41, 5.74) is 0. The van der Waals surface area contributed by atoms with Gasteiger partial charge < -0.3 is 0 Å². The number of rotatable bonds is 7. The molecule has 0 N–H and O–H groups in total. The SMILES string of the molecule is CCC[CH]CCCCC=C=O. The normalized spacial score (nSPS) is 9.18. The highest BCUT2D eigenvalue weighted by Gasteiger charge is 1.87. The van der Waals surface area contributed by atoms with Crippen molar-refractivity contribution < 1.29 is 4.79 Å². The van der Waals surface area contributed by atoms with Crippen molar-refractivity contribution >= 4 is 5.94 Å². The highest BCUT2D eigenvalue weighted by atomic mass is 16.1. The molecule has 63 valence electrons. The van der Waals surface area contributed by atoms with Crippen molar-refractivity contribution in [3.05, 3.63) is 12.5 Å². The van der Waals surface area contributed by atoms with E-state index in [4.69, 9.17) is 0 Å². The Morgan fingerprint density at radius 2 is 1.91 bits per heavy atom. The molecule has 0 saturated heterocycles. The van der Waals surface area contributed by atoms with Crippen LogP contribution in [0.15, 0.2) is 6.08 Å². The van der Waals surface area contributed by atoms with Crippen LogP contribution in [-0.2, 0) is 4.79 Å². The van der Waals surface area contributed by atoms with E-state index in [0.29, 0.717) is 0 Å². The van der Waals surface area contributed by atoms with Gasteiger partial charge in [0.25, 0.3) is 0 Å². The molecular formula is C10H17O. The number of hydrogen-bond donors (Lipinski definition) is 0. The minimum atomic E-state index is 0.892. The van der Waals surface area contributed by atoms with Gasteiger partial charge in [0.05, 0.1) is 0 Å². The van der Waals surface area contributed by atoms with Gasteiger partial charge in [0.2, 0.25) is 0 Å². The second-order valence-electron chi connectivity index (χ2n) is 2.68. The minimum Gasteiger partial charge on any atom is -0.234 e. The van der Waals surface area contributed by atoms with Crippen LogP contribution in [0.5, 0.6) is 0 Å². The van der Waals surface area contributed by atoms with Crippen molar-refractivity contribution in [1.82, 2.24) is 0 Å². The van der Waals surface area contributed by atoms with Crippen molar-refractivity contribution in [2.24, 2.45) is 0 Å². The molecule has 0 aromatic heterocycles. The van der Waals surface area contributed by atoms with Gasteiger partial charge in [0.1, 0.15) is 5.94 Å². The average Bonchev–Trinajstić information content (AvgIpc) is 2.03. The van der Waals surface area contributed by atoms with Gasteiger partial charge in [0.15, 0.2) is 0 Å². The number of carbonyl (C=O) groups excluding carboxylic acids is 1. The van der Waals surface area contributed by atoms with Gasteiger partial charge in [-0.2, -0.15) is 0 Å². The van der Waals surface area contributed by atoms with Crippen LogP contribution in [0.2, 0.25) is 0 Å². The first-order chi connectivity index (χ1) is 5.41. The van der Waals surface area contributed by atoms with Crippen LogP contribution in [0.25, 0.3) is 0 Å². The van der Waals surface area contributed by atoms with Gasteiger partial charge in [-0.3, -0.25) is 0 Å². The zero-order valence-corrected chi connectivity index (χ0v) is 7.31. The van der Waals surface area contributed by atoms with E-state index >= 15 is 0 Å². The molecule has 0 amide bonds. The van der Waals surface area contributed by atoms with Crippen LogP contribution in [0.3, 0.4) is 0 Å². The van der Waals surface area contributed by atoms with Crippen LogP contribution >= 0.6 is 0 Å². The first-order valence-corrected chi connectivity index (χ1v) is 4.42. The first-order valence-electron chi connectivity index (χ1n) is 4.42. The maximum absolute atomic E-state index is 9.75. The lowest BCUT2D eigenvalue weighted by Crippen LogP contribution is -1.78. The highest BCUT2D eigenvalue weighted by Crippen LogP contribution is 2.05. The van der Waals surface area contributed by atoms with Gasteiger partial charge in [-0.1, -0.05) is 32.6 Å². The van der Waals surface area contributed by atoms with Gasteiger partial charge >= 0.3 is 0 Å². The molecule has 0 unspecified atom stereocenters. The Balaban J connectivity index is 2.84. The summed E-state index contributed by atoms with van der Waals surface area (Å²) in [6.07, 6.45) is 10.8. The molecule has 0 atom stereocenters. The maximum Gasteiger partial charge on any atom is 0.120 e. The fourth-order valence-electron chi connectivity index (χ4n) is 0.942. The minimum absolute atomic E-state index is 0.892. The van der Waals surface area contributed by atoms with E-state index in [2.05, 4.69) is 13.3 Å². The summed E-state index contributed by atoms with van der Waals surface area (Å²) in [5, 5.41) is 0. The van der Waals surface area contributed by atoms with Crippen LogP contribution in [0, 0.1) is 6.42 Å². The fraction of sp³-hybridized carbons (Fsp3) is 0.700. The van der Waals surface area contributed by atoms with E-state index in [1.807, 2.05) is 0 Å². The molecular weight excluding hydrogens is 136 g/mol. The molecule has 0 bridgehead atoms. The van der Waals surface area contributed by atoms with Crippen molar-refractivity contribution in [3.8, 4) is 0 Å². The van der Waals surface area contributed by atoms with Crippen molar-refractivity contribution in [3.63, 3.8) is 0 Å². The van der Waals surface area contributed by atoms with Crippen molar-refractivity contribution in [2.45, 2.75) is 45.4 Å². The fourth-order valence-corrected chi connectivity index (χ4v) is 0.942. The van der Waals surface area contributed by atoms with Crippen LogP contribution in [0.4, 0.5) is 0 Å². The van der Waals surface area contributed by atoms with Crippen LogP contribution < -0.4 is 0 Å². The molecule has 0 aliphatic rings. The molecule has 0 aliphatic carbocycles. The molecule has 0 aromatic rings. The lowest BCUT2D eigenvalue weighted by Gasteiger charge is -1.95. The third-order valence-electron chi connectivity index (χ3n) is 1.58. The Bertz CT molecular complexity index is 112. The van der Waals surface area contributed by atoms with Crippen LogP contribution in [-0.4, -0.2) is 5.94 Å². The van der Waals surface area contributed by atoms with Gasteiger partial charge in [0, 0.05) is 0 Å². The van der Waals surface area contributed by atoms with Crippen molar-refractivity contribution in [1.29, 1.82) is 0 Å². The Morgan fingerprint density at radius 3 is 2.55 bits per heavy atom. The van der Waals surface area contributed by atoms with Gasteiger partial charge in [-0.05, 0) is 25.3 Å². The van der Waals surface area contributed by atoms with Gasteiger partial charge in [-0.15, -0.1) is 0 Å². The van der Waals surface area contributed by atoms with E-state index in [1.54, 1.807) is 12.0 Å². The standard InChI is InChI=1S/C10H17O/c1-2-3-4-5-6-7-8-9-10-11/h4,9H,2-3,5-8H2,1H3. The summed E-state index contributed by atoms with van der Waals surface area (Å²) in [7, 11) is 0. The predicted molar refractivity (Wildman–Crippen MR) is 47.9 cm³/mol. The number of hydrogen-bond acceptors (Lipinski definition) is 1. The molecule has 1 radical (unpaired) electrons. The third-order valence-corrected chi connectivity index (χ3v) is 1.58. The zero-order chi connectivity index (χ0) is 8.36. The summed E-state index contributed by atoms with van der Waals surface area (Å²) in [5.74, 6) is 1.78. The summed E-state index contributed by atoms with van der Waals surface area (Å²) in [6, 6.07) is 0. The van der Waals surface area contributed by atoms with E-state index in [1.165, 1.54) is 25.7 Å². The van der Waals surface area contributed by atoms with E-state index < -0.39 is 0 Å². The third kappa shape index (κ3) is 9.45. The van der Waals surface area contributed by atoms with E-state index in [-0.39, 0.29) is 0 Å². The Hall–Kier alpha value is -0.550. The molecule has 0 aliphatic heterocycles. The second kappa shape index (κ2) is 9.45. The molecule has 0 fully saturated rings.